The summed E-state index contributed by atoms with van der Waals surface area (Å²) in [5.41, 5.74) is 3.67. The molecular formula is C22H22ClN3O2. The zero-order valence-electron chi connectivity index (χ0n) is 16.0. The summed E-state index contributed by atoms with van der Waals surface area (Å²) in [7, 11) is 0. The van der Waals surface area contributed by atoms with Gasteiger partial charge in [-0.15, -0.1) is 0 Å². The minimum atomic E-state index is -0.609. The van der Waals surface area contributed by atoms with Crippen molar-refractivity contribution in [2.24, 2.45) is 4.99 Å². The number of carbonyl (C=O) groups excluding carboxylic acids is 2. The lowest BCUT2D eigenvalue weighted by Gasteiger charge is -2.37. The molecule has 0 aromatic heterocycles. The second-order valence-corrected chi connectivity index (χ2v) is 7.98. The molecule has 2 aliphatic rings. The topological polar surface area (TPSA) is 61.8 Å². The Kier molecular flexibility index (Phi) is 4.71. The van der Waals surface area contributed by atoms with Crippen LogP contribution in [0.1, 0.15) is 39.9 Å². The van der Waals surface area contributed by atoms with Gasteiger partial charge in [0.2, 0.25) is 0 Å². The normalized spacial score (nSPS) is 18.2. The average Bonchev–Trinajstić information content (AvgIpc) is 3.00. The molecule has 1 saturated heterocycles. The Morgan fingerprint density at radius 1 is 1.07 bits per heavy atom. The van der Waals surface area contributed by atoms with Gasteiger partial charge in [0.25, 0.3) is 11.8 Å². The number of nitrogens with zero attached hydrogens (tertiary/aromatic N) is 2. The van der Waals surface area contributed by atoms with Gasteiger partial charge >= 0.3 is 0 Å². The van der Waals surface area contributed by atoms with Gasteiger partial charge in [-0.1, -0.05) is 23.7 Å². The van der Waals surface area contributed by atoms with E-state index in [9.17, 15) is 9.59 Å². The molecule has 2 amide bonds. The summed E-state index contributed by atoms with van der Waals surface area (Å²) >= 11 is 5.90. The Morgan fingerprint density at radius 3 is 2.39 bits per heavy atom. The number of benzene rings is 2. The van der Waals surface area contributed by atoms with Gasteiger partial charge in [0.05, 0.1) is 0 Å². The predicted octanol–water partition coefficient (Wildman–Crippen LogP) is 3.51. The number of carbonyl (C=O) groups is 2. The van der Waals surface area contributed by atoms with E-state index < -0.39 is 5.66 Å². The molecule has 1 spiro atoms. The third-order valence-electron chi connectivity index (χ3n) is 5.64. The number of likely N-dealkylation sites (tertiary alicyclic amines) is 1. The number of halogens is 1. The van der Waals surface area contributed by atoms with E-state index in [4.69, 9.17) is 16.6 Å². The summed E-state index contributed by atoms with van der Waals surface area (Å²) in [6, 6.07) is 12.9. The van der Waals surface area contributed by atoms with E-state index in [0.717, 1.165) is 11.1 Å². The quantitative estimate of drug-likeness (QED) is 0.845. The molecule has 0 unspecified atom stereocenters. The monoisotopic (exact) mass is 395 g/mol. The predicted molar refractivity (Wildman–Crippen MR) is 110 cm³/mol. The summed E-state index contributed by atoms with van der Waals surface area (Å²) in [5, 5.41) is 3.67. The number of aryl methyl sites for hydroxylation is 2. The van der Waals surface area contributed by atoms with Crippen LogP contribution < -0.4 is 5.32 Å². The smallest absolute Gasteiger partial charge is 0.272 e. The van der Waals surface area contributed by atoms with E-state index in [1.54, 1.807) is 24.3 Å². The standard InChI is InChI=1S/C22H22ClN3O2/c1-14-3-4-17(13-15(14)2)19-20(27)25-22(24-19)9-11-26(12-10-22)21(28)16-5-7-18(23)8-6-16/h3-8,13H,9-12H2,1-2H3,(H,25,27). The van der Waals surface area contributed by atoms with Gasteiger partial charge in [-0.05, 0) is 55.3 Å². The van der Waals surface area contributed by atoms with Crippen molar-refractivity contribution in [3.8, 4) is 0 Å². The molecule has 2 heterocycles. The summed E-state index contributed by atoms with van der Waals surface area (Å²) in [4.78, 5) is 31.9. The van der Waals surface area contributed by atoms with Crippen molar-refractivity contribution in [3.05, 3.63) is 69.7 Å². The van der Waals surface area contributed by atoms with Crippen molar-refractivity contribution in [3.63, 3.8) is 0 Å². The fourth-order valence-corrected chi connectivity index (χ4v) is 3.87. The van der Waals surface area contributed by atoms with Crippen LogP contribution in [0.4, 0.5) is 0 Å². The molecule has 0 atom stereocenters. The molecule has 0 radical (unpaired) electrons. The first-order valence-corrected chi connectivity index (χ1v) is 9.79. The van der Waals surface area contributed by atoms with E-state index in [2.05, 4.69) is 5.32 Å². The number of amides is 2. The highest BCUT2D eigenvalue weighted by molar-refractivity contribution is 6.46. The first-order valence-electron chi connectivity index (χ1n) is 9.42. The van der Waals surface area contributed by atoms with E-state index in [0.29, 0.717) is 42.2 Å². The Balaban J connectivity index is 1.50. The second-order valence-electron chi connectivity index (χ2n) is 7.54. The minimum Gasteiger partial charge on any atom is -0.338 e. The molecule has 144 valence electrons. The van der Waals surface area contributed by atoms with Gasteiger partial charge in [0.1, 0.15) is 11.4 Å². The van der Waals surface area contributed by atoms with Crippen LogP contribution in [-0.2, 0) is 4.79 Å². The zero-order chi connectivity index (χ0) is 19.9. The fourth-order valence-electron chi connectivity index (χ4n) is 3.74. The summed E-state index contributed by atoms with van der Waals surface area (Å²) in [6.07, 6.45) is 1.21. The lowest BCUT2D eigenvalue weighted by atomic mass is 9.97. The molecule has 2 aromatic rings. The van der Waals surface area contributed by atoms with Crippen molar-refractivity contribution < 1.29 is 9.59 Å². The van der Waals surface area contributed by atoms with Crippen LogP contribution in [0.2, 0.25) is 5.02 Å². The van der Waals surface area contributed by atoms with Crippen LogP contribution in [0, 0.1) is 13.8 Å². The number of hydrogen-bond donors (Lipinski definition) is 1. The molecule has 4 rings (SSSR count). The van der Waals surface area contributed by atoms with E-state index in [1.807, 2.05) is 36.9 Å². The Morgan fingerprint density at radius 2 is 1.75 bits per heavy atom. The number of piperidine rings is 1. The summed E-state index contributed by atoms with van der Waals surface area (Å²) < 4.78 is 0. The highest BCUT2D eigenvalue weighted by atomic mass is 35.5. The van der Waals surface area contributed by atoms with Crippen LogP contribution in [0.3, 0.4) is 0 Å². The van der Waals surface area contributed by atoms with Gasteiger partial charge < -0.3 is 10.2 Å². The number of rotatable bonds is 2. The fraction of sp³-hybridized carbons (Fsp3) is 0.318. The average molecular weight is 396 g/mol. The maximum Gasteiger partial charge on any atom is 0.272 e. The first-order chi connectivity index (χ1) is 13.4. The molecule has 5 nitrogen and oxygen atoms in total. The van der Waals surface area contributed by atoms with Crippen molar-refractivity contribution in [2.75, 3.05) is 13.1 Å². The largest absolute Gasteiger partial charge is 0.338 e. The maximum absolute atomic E-state index is 12.7. The van der Waals surface area contributed by atoms with Crippen molar-refractivity contribution >= 4 is 29.1 Å². The van der Waals surface area contributed by atoms with E-state index in [1.165, 1.54) is 5.56 Å². The van der Waals surface area contributed by atoms with Crippen LogP contribution in [0.15, 0.2) is 47.5 Å². The van der Waals surface area contributed by atoms with Gasteiger partial charge in [0.15, 0.2) is 0 Å². The summed E-state index contributed by atoms with van der Waals surface area (Å²) in [6.45, 7) is 5.17. The van der Waals surface area contributed by atoms with Crippen molar-refractivity contribution in [2.45, 2.75) is 32.4 Å². The van der Waals surface area contributed by atoms with Gasteiger partial charge in [-0.25, -0.2) is 0 Å². The van der Waals surface area contributed by atoms with Crippen molar-refractivity contribution in [1.29, 1.82) is 0 Å². The van der Waals surface area contributed by atoms with Gasteiger partial charge in [-0.3, -0.25) is 14.6 Å². The minimum absolute atomic E-state index is 0.0193. The number of hydrogen-bond acceptors (Lipinski definition) is 3. The lowest BCUT2D eigenvalue weighted by Crippen LogP contribution is -2.52. The second kappa shape index (κ2) is 7.06. The third-order valence-corrected chi connectivity index (χ3v) is 5.89. The molecule has 0 aliphatic carbocycles. The zero-order valence-corrected chi connectivity index (χ0v) is 16.7. The molecule has 6 heteroatoms. The SMILES string of the molecule is Cc1ccc(C2=NC3(CCN(C(=O)c4ccc(Cl)cc4)CC3)NC2=O)cc1C. The molecule has 1 fully saturated rings. The van der Waals surface area contributed by atoms with Gasteiger partial charge in [0, 0.05) is 42.1 Å². The number of nitrogens with one attached hydrogen (secondary N) is 1. The summed E-state index contributed by atoms with van der Waals surface area (Å²) in [5.74, 6) is -0.157. The first kappa shape index (κ1) is 18.7. The molecular weight excluding hydrogens is 374 g/mol. The molecule has 0 bridgehead atoms. The number of aliphatic imine (C=N–C) groups is 1. The molecule has 0 saturated carbocycles. The molecule has 2 aliphatic heterocycles. The molecule has 2 aromatic carbocycles. The van der Waals surface area contributed by atoms with Crippen LogP contribution in [-0.4, -0.2) is 41.2 Å². The Labute approximate surface area is 169 Å². The van der Waals surface area contributed by atoms with Crippen molar-refractivity contribution in [1.82, 2.24) is 10.2 Å². The highest BCUT2D eigenvalue weighted by Gasteiger charge is 2.43. The maximum atomic E-state index is 12.7. The Bertz CT molecular complexity index is 974. The molecule has 1 N–H and O–H groups in total. The van der Waals surface area contributed by atoms with Crippen LogP contribution >= 0.6 is 11.6 Å². The highest BCUT2D eigenvalue weighted by Crippen LogP contribution is 2.30. The third kappa shape index (κ3) is 3.42. The lowest BCUT2D eigenvalue weighted by molar-refractivity contribution is -0.115. The van der Waals surface area contributed by atoms with Gasteiger partial charge in [-0.2, -0.15) is 0 Å². The van der Waals surface area contributed by atoms with Crippen LogP contribution in [0.5, 0.6) is 0 Å². The van der Waals surface area contributed by atoms with E-state index >= 15 is 0 Å². The van der Waals surface area contributed by atoms with E-state index in [-0.39, 0.29) is 11.8 Å². The Hall–Kier alpha value is -2.66. The molecule has 28 heavy (non-hydrogen) atoms. The van der Waals surface area contributed by atoms with Crippen LogP contribution in [0.25, 0.3) is 0 Å².